The van der Waals surface area contributed by atoms with Crippen LogP contribution in [0.15, 0.2) is 24.3 Å². The van der Waals surface area contributed by atoms with Gasteiger partial charge < -0.3 is 10.1 Å². The first-order valence-electron chi connectivity index (χ1n) is 6.78. The Balaban J connectivity index is 1.63. The minimum absolute atomic E-state index is 0.505. The van der Waals surface area contributed by atoms with Crippen LogP contribution in [0.5, 0.6) is 0 Å². The fourth-order valence-corrected chi connectivity index (χ4v) is 2.26. The predicted molar refractivity (Wildman–Crippen MR) is 71.1 cm³/mol. The van der Waals surface area contributed by atoms with Gasteiger partial charge in [0.1, 0.15) is 0 Å². The van der Waals surface area contributed by atoms with Gasteiger partial charge in [-0.25, -0.2) is 0 Å². The summed E-state index contributed by atoms with van der Waals surface area (Å²) < 4.78 is 5.60. The van der Waals surface area contributed by atoms with Crippen molar-refractivity contribution < 1.29 is 4.74 Å². The smallest absolute Gasteiger partial charge is 0.0588 e. The average molecular weight is 233 g/mol. The van der Waals surface area contributed by atoms with Crippen molar-refractivity contribution in [2.24, 2.45) is 0 Å². The first-order valence-corrected chi connectivity index (χ1v) is 6.78. The maximum absolute atomic E-state index is 5.60. The van der Waals surface area contributed by atoms with Crippen molar-refractivity contribution in [1.82, 2.24) is 5.32 Å². The van der Waals surface area contributed by atoms with E-state index in [0.717, 1.165) is 32.5 Å². The number of aryl methyl sites for hydroxylation is 1. The molecule has 0 radical (unpaired) electrons. The SMILES string of the molecule is CCc1ccc(CNCCC2CCCO2)cc1. The van der Waals surface area contributed by atoms with Gasteiger partial charge in [-0.3, -0.25) is 0 Å². The molecule has 0 saturated carbocycles. The highest BCUT2D eigenvalue weighted by atomic mass is 16.5. The molecule has 0 aromatic heterocycles. The normalized spacial score (nSPS) is 19.7. The van der Waals surface area contributed by atoms with Crippen LogP contribution >= 0.6 is 0 Å². The molecule has 1 unspecified atom stereocenters. The Bertz CT molecular complexity index is 314. The molecule has 0 bridgehead atoms. The van der Waals surface area contributed by atoms with Crippen molar-refractivity contribution in [3.05, 3.63) is 35.4 Å². The average Bonchev–Trinajstić information content (AvgIpc) is 2.88. The third-order valence-corrected chi connectivity index (χ3v) is 3.43. The monoisotopic (exact) mass is 233 g/mol. The molecule has 94 valence electrons. The highest BCUT2D eigenvalue weighted by molar-refractivity contribution is 5.22. The van der Waals surface area contributed by atoms with E-state index in [9.17, 15) is 0 Å². The van der Waals surface area contributed by atoms with E-state index in [0.29, 0.717) is 6.10 Å². The van der Waals surface area contributed by atoms with Crippen molar-refractivity contribution in [3.63, 3.8) is 0 Å². The maximum Gasteiger partial charge on any atom is 0.0588 e. The third-order valence-electron chi connectivity index (χ3n) is 3.43. The Kier molecular flexibility index (Phi) is 5.02. The molecule has 1 aromatic rings. The molecule has 1 N–H and O–H groups in total. The van der Waals surface area contributed by atoms with E-state index in [-0.39, 0.29) is 0 Å². The van der Waals surface area contributed by atoms with E-state index < -0.39 is 0 Å². The van der Waals surface area contributed by atoms with Crippen LogP contribution in [-0.4, -0.2) is 19.3 Å². The van der Waals surface area contributed by atoms with Gasteiger partial charge in [0.15, 0.2) is 0 Å². The van der Waals surface area contributed by atoms with Gasteiger partial charge >= 0.3 is 0 Å². The van der Waals surface area contributed by atoms with E-state index >= 15 is 0 Å². The van der Waals surface area contributed by atoms with Crippen molar-refractivity contribution in [2.45, 2.75) is 45.3 Å². The number of nitrogens with one attached hydrogen (secondary N) is 1. The standard InChI is InChI=1S/C15H23NO/c1-2-13-5-7-14(8-6-13)12-16-10-9-15-4-3-11-17-15/h5-8,15-16H,2-4,9-12H2,1H3. The highest BCUT2D eigenvalue weighted by Crippen LogP contribution is 2.14. The molecule has 2 nitrogen and oxygen atoms in total. The molecule has 1 heterocycles. The van der Waals surface area contributed by atoms with Crippen molar-refractivity contribution in [2.75, 3.05) is 13.2 Å². The molecule has 1 atom stereocenters. The van der Waals surface area contributed by atoms with E-state index in [1.165, 1.54) is 24.0 Å². The lowest BCUT2D eigenvalue weighted by Crippen LogP contribution is -2.19. The second-order valence-electron chi connectivity index (χ2n) is 4.77. The van der Waals surface area contributed by atoms with E-state index in [1.807, 2.05) is 0 Å². The lowest BCUT2D eigenvalue weighted by molar-refractivity contribution is 0.104. The van der Waals surface area contributed by atoms with Crippen LogP contribution in [0.3, 0.4) is 0 Å². The lowest BCUT2D eigenvalue weighted by Gasteiger charge is -2.10. The summed E-state index contributed by atoms with van der Waals surface area (Å²) in [7, 11) is 0. The van der Waals surface area contributed by atoms with Crippen molar-refractivity contribution in [3.8, 4) is 0 Å². The topological polar surface area (TPSA) is 21.3 Å². The Morgan fingerprint density at radius 2 is 2.00 bits per heavy atom. The summed E-state index contributed by atoms with van der Waals surface area (Å²) in [6.07, 6.45) is 5.25. The van der Waals surface area contributed by atoms with Crippen molar-refractivity contribution >= 4 is 0 Å². The molecule has 1 aliphatic heterocycles. The number of hydrogen-bond acceptors (Lipinski definition) is 2. The van der Waals surface area contributed by atoms with Crippen LogP contribution in [0.2, 0.25) is 0 Å². The van der Waals surface area contributed by atoms with E-state index in [4.69, 9.17) is 4.74 Å². The van der Waals surface area contributed by atoms with Crippen LogP contribution in [0.1, 0.15) is 37.3 Å². The maximum atomic E-state index is 5.60. The van der Waals surface area contributed by atoms with Gasteiger partial charge in [-0.1, -0.05) is 31.2 Å². The van der Waals surface area contributed by atoms with Crippen molar-refractivity contribution in [1.29, 1.82) is 0 Å². The zero-order valence-electron chi connectivity index (χ0n) is 10.7. The van der Waals surface area contributed by atoms with Crippen LogP contribution in [0, 0.1) is 0 Å². The summed E-state index contributed by atoms with van der Waals surface area (Å²) in [6.45, 7) is 5.18. The number of ether oxygens (including phenoxy) is 1. The third kappa shape index (κ3) is 4.14. The molecule has 17 heavy (non-hydrogen) atoms. The molecular formula is C15H23NO. The van der Waals surface area contributed by atoms with Crippen LogP contribution < -0.4 is 5.32 Å². The molecule has 1 fully saturated rings. The van der Waals surface area contributed by atoms with E-state index in [1.54, 1.807) is 0 Å². The lowest BCUT2D eigenvalue weighted by atomic mass is 10.1. The Morgan fingerprint density at radius 1 is 1.24 bits per heavy atom. The van der Waals surface area contributed by atoms with Crippen LogP contribution in [-0.2, 0) is 17.7 Å². The summed E-state index contributed by atoms with van der Waals surface area (Å²) in [5, 5.41) is 3.49. The Morgan fingerprint density at radius 3 is 2.65 bits per heavy atom. The fourth-order valence-electron chi connectivity index (χ4n) is 2.26. The van der Waals surface area contributed by atoms with Gasteiger partial charge in [-0.05, 0) is 43.4 Å². The summed E-state index contributed by atoms with van der Waals surface area (Å²) in [5.41, 5.74) is 2.78. The molecule has 0 amide bonds. The minimum atomic E-state index is 0.505. The molecular weight excluding hydrogens is 210 g/mol. The highest BCUT2D eigenvalue weighted by Gasteiger charge is 2.14. The predicted octanol–water partition coefficient (Wildman–Crippen LogP) is 2.91. The van der Waals surface area contributed by atoms with Crippen LogP contribution in [0.4, 0.5) is 0 Å². The summed E-state index contributed by atoms with van der Waals surface area (Å²) in [6, 6.07) is 8.88. The second kappa shape index (κ2) is 6.77. The largest absolute Gasteiger partial charge is 0.378 e. The fraction of sp³-hybridized carbons (Fsp3) is 0.600. The van der Waals surface area contributed by atoms with Gasteiger partial charge in [0.2, 0.25) is 0 Å². The molecule has 1 saturated heterocycles. The van der Waals surface area contributed by atoms with Gasteiger partial charge in [0.05, 0.1) is 6.10 Å². The first kappa shape index (κ1) is 12.6. The molecule has 1 aromatic carbocycles. The molecule has 0 aliphatic carbocycles. The quantitative estimate of drug-likeness (QED) is 0.763. The molecule has 2 heteroatoms. The van der Waals surface area contributed by atoms with Gasteiger partial charge in [0.25, 0.3) is 0 Å². The molecule has 1 aliphatic rings. The Labute approximate surface area is 104 Å². The second-order valence-corrected chi connectivity index (χ2v) is 4.77. The van der Waals surface area contributed by atoms with E-state index in [2.05, 4.69) is 36.5 Å². The van der Waals surface area contributed by atoms with Gasteiger partial charge in [0, 0.05) is 13.2 Å². The van der Waals surface area contributed by atoms with Gasteiger partial charge in [-0.2, -0.15) is 0 Å². The zero-order valence-corrected chi connectivity index (χ0v) is 10.7. The first-order chi connectivity index (χ1) is 8.38. The van der Waals surface area contributed by atoms with Gasteiger partial charge in [-0.15, -0.1) is 0 Å². The van der Waals surface area contributed by atoms with Crippen LogP contribution in [0.25, 0.3) is 0 Å². The summed E-state index contributed by atoms with van der Waals surface area (Å²) >= 11 is 0. The molecule has 2 rings (SSSR count). The number of rotatable bonds is 6. The number of benzene rings is 1. The number of hydrogen-bond donors (Lipinski definition) is 1. The summed E-state index contributed by atoms with van der Waals surface area (Å²) in [5.74, 6) is 0. The zero-order chi connectivity index (χ0) is 11.9. The summed E-state index contributed by atoms with van der Waals surface area (Å²) in [4.78, 5) is 0. The Hall–Kier alpha value is -0.860. The minimum Gasteiger partial charge on any atom is -0.378 e. The molecule has 0 spiro atoms.